The van der Waals surface area contributed by atoms with Crippen molar-refractivity contribution in [3.05, 3.63) is 184 Å². The first-order valence-electron chi connectivity index (χ1n) is 16.3. The largest absolute Gasteiger partial charge is 0.292 e. The summed E-state index contributed by atoms with van der Waals surface area (Å²) < 4.78 is 3.38. The van der Waals surface area contributed by atoms with E-state index in [1.54, 1.807) is 0 Å². The number of fused-ring (bicyclic) bond motifs is 10. The van der Waals surface area contributed by atoms with Gasteiger partial charge in [0.1, 0.15) is 5.82 Å². The Kier molecular flexibility index (Phi) is 5.80. The van der Waals surface area contributed by atoms with Gasteiger partial charge in [-0.05, 0) is 117 Å². The van der Waals surface area contributed by atoms with Gasteiger partial charge in [-0.2, -0.15) is 0 Å². The average Bonchev–Trinajstić information content (AvgIpc) is 3.76. The predicted molar refractivity (Wildman–Crippen MR) is 197 cm³/mol. The van der Waals surface area contributed by atoms with E-state index in [1.165, 1.54) is 55.7 Å². The second-order valence-electron chi connectivity index (χ2n) is 12.8. The number of benzene rings is 6. The highest BCUT2D eigenvalue weighted by molar-refractivity contribution is 9.10. The Balaban J connectivity index is 1.17. The summed E-state index contributed by atoms with van der Waals surface area (Å²) in [4.78, 5) is 5.15. The lowest BCUT2D eigenvalue weighted by molar-refractivity contribution is 0.780. The van der Waals surface area contributed by atoms with Crippen LogP contribution in [-0.2, 0) is 5.41 Å². The van der Waals surface area contributed by atoms with Gasteiger partial charge in [0.25, 0.3) is 0 Å². The normalized spacial score (nSPS) is 17.2. The molecule has 47 heavy (non-hydrogen) atoms. The minimum Gasteiger partial charge on any atom is -0.292 e. The fraction of sp³-hybridized carbons (Fsp3) is 0.0682. The van der Waals surface area contributed by atoms with Gasteiger partial charge < -0.3 is 0 Å². The van der Waals surface area contributed by atoms with Crippen molar-refractivity contribution in [2.45, 2.75) is 18.3 Å². The van der Waals surface area contributed by atoms with E-state index in [0.717, 1.165) is 45.4 Å². The molecule has 0 saturated heterocycles. The summed E-state index contributed by atoms with van der Waals surface area (Å²) in [5.41, 5.74) is 17.5. The third-order valence-electron chi connectivity index (χ3n) is 10.4. The molecular weight excluding hydrogens is 636 g/mol. The minimum absolute atomic E-state index is 0.296. The summed E-state index contributed by atoms with van der Waals surface area (Å²) in [5.74, 6) is 0.944. The number of halogens is 1. The molecule has 6 aromatic carbocycles. The molecule has 0 N–H and O–H groups in total. The molecule has 3 heteroatoms. The van der Waals surface area contributed by atoms with Crippen molar-refractivity contribution in [3.63, 3.8) is 0 Å². The van der Waals surface area contributed by atoms with Crippen molar-refractivity contribution in [3.8, 4) is 39.3 Å². The quantitative estimate of drug-likeness (QED) is 0.184. The Morgan fingerprint density at radius 3 is 2.23 bits per heavy atom. The molecule has 3 aliphatic rings. The van der Waals surface area contributed by atoms with Gasteiger partial charge in [-0.25, -0.2) is 4.98 Å². The van der Waals surface area contributed by atoms with Crippen molar-refractivity contribution < 1.29 is 0 Å². The third kappa shape index (κ3) is 3.75. The van der Waals surface area contributed by atoms with Crippen molar-refractivity contribution in [2.24, 2.45) is 0 Å². The second kappa shape index (κ2) is 10.1. The number of imidazole rings is 1. The highest BCUT2D eigenvalue weighted by Gasteiger charge is 2.52. The summed E-state index contributed by atoms with van der Waals surface area (Å²) in [6, 6.07) is 50.9. The van der Waals surface area contributed by atoms with Gasteiger partial charge in [0.05, 0.1) is 16.4 Å². The standard InChI is InChI=1S/C44H29BrN2/c45-31-22-24-40-36(27-31)35-26-29(21-23-39(35)44(40)37-17-6-4-15-33(37)34-16-5-7-18-38(34)44)28-11-10-12-30(25-28)43-46-41-19-8-9-20-42(41)47(43)32-13-2-1-3-14-32/h1-4,6-15,17-27H,5,16H2. The Morgan fingerprint density at radius 1 is 0.596 bits per heavy atom. The molecule has 0 radical (unpaired) electrons. The molecule has 3 aliphatic carbocycles. The molecular formula is C44H29BrN2. The summed E-state index contributed by atoms with van der Waals surface area (Å²) in [7, 11) is 0. The Bertz CT molecular complexity index is 2480. The molecule has 7 aromatic rings. The lowest BCUT2D eigenvalue weighted by atomic mass is 9.69. The Labute approximate surface area is 282 Å². The first-order valence-corrected chi connectivity index (χ1v) is 17.1. The summed E-state index contributed by atoms with van der Waals surface area (Å²) in [5, 5.41) is 0. The van der Waals surface area contributed by atoms with E-state index in [4.69, 9.17) is 4.98 Å². The topological polar surface area (TPSA) is 17.8 Å². The highest BCUT2D eigenvalue weighted by Crippen LogP contribution is 2.63. The third-order valence-corrected chi connectivity index (χ3v) is 10.9. The molecule has 10 rings (SSSR count). The molecule has 0 fully saturated rings. The molecule has 0 aliphatic heterocycles. The molecule has 2 nitrogen and oxygen atoms in total. The maximum atomic E-state index is 5.15. The van der Waals surface area contributed by atoms with Crippen LogP contribution in [0.25, 0.3) is 55.9 Å². The fourth-order valence-corrected chi connectivity index (χ4v) is 8.84. The highest BCUT2D eigenvalue weighted by atomic mass is 79.9. The van der Waals surface area contributed by atoms with Crippen LogP contribution in [-0.4, -0.2) is 9.55 Å². The number of aromatic nitrogens is 2. The number of rotatable bonds is 3. The first-order chi connectivity index (χ1) is 23.2. The molecule has 1 spiro atoms. The zero-order chi connectivity index (χ0) is 31.1. The van der Waals surface area contributed by atoms with Gasteiger partial charge in [0.15, 0.2) is 0 Å². The van der Waals surface area contributed by atoms with E-state index in [1.807, 2.05) is 0 Å². The van der Waals surface area contributed by atoms with Crippen LogP contribution in [0.15, 0.2) is 162 Å². The van der Waals surface area contributed by atoms with Crippen LogP contribution >= 0.6 is 15.9 Å². The minimum atomic E-state index is -0.296. The van der Waals surface area contributed by atoms with Crippen LogP contribution in [0.5, 0.6) is 0 Å². The van der Waals surface area contributed by atoms with Gasteiger partial charge in [-0.15, -0.1) is 0 Å². The van der Waals surface area contributed by atoms with Crippen LogP contribution in [0.4, 0.5) is 0 Å². The van der Waals surface area contributed by atoms with Crippen LogP contribution in [0.3, 0.4) is 0 Å². The molecule has 1 atom stereocenters. The van der Waals surface area contributed by atoms with Crippen LogP contribution < -0.4 is 0 Å². The number of hydrogen-bond donors (Lipinski definition) is 0. The maximum Gasteiger partial charge on any atom is 0.145 e. The summed E-state index contributed by atoms with van der Waals surface area (Å²) >= 11 is 3.82. The summed E-state index contributed by atoms with van der Waals surface area (Å²) in [6.07, 6.45) is 6.96. The Morgan fingerprint density at radius 2 is 1.32 bits per heavy atom. The summed E-state index contributed by atoms with van der Waals surface area (Å²) in [6.45, 7) is 0. The van der Waals surface area contributed by atoms with E-state index < -0.39 is 0 Å². The van der Waals surface area contributed by atoms with Crippen molar-refractivity contribution in [1.82, 2.24) is 9.55 Å². The van der Waals surface area contributed by atoms with Crippen LogP contribution in [0.2, 0.25) is 0 Å². The van der Waals surface area contributed by atoms with Gasteiger partial charge in [-0.3, -0.25) is 4.57 Å². The van der Waals surface area contributed by atoms with E-state index in [0.29, 0.717) is 0 Å². The van der Waals surface area contributed by atoms with Gasteiger partial charge >= 0.3 is 0 Å². The van der Waals surface area contributed by atoms with Crippen LogP contribution in [0, 0.1) is 0 Å². The molecule has 0 bridgehead atoms. The predicted octanol–water partition coefficient (Wildman–Crippen LogP) is 11.6. The molecule has 1 heterocycles. The van der Waals surface area contributed by atoms with E-state index in [9.17, 15) is 0 Å². The number of para-hydroxylation sites is 3. The van der Waals surface area contributed by atoms with Gasteiger partial charge in [0, 0.05) is 15.7 Å². The number of nitrogens with zero attached hydrogens (tertiary/aromatic N) is 2. The smallest absolute Gasteiger partial charge is 0.145 e. The SMILES string of the molecule is Brc1ccc2c(c1)-c1cc(-c3cccc(-c4nc5ccccc5n4-c4ccccc4)c3)ccc1C21C2=C(CCC=C2)c2ccccc21. The van der Waals surface area contributed by atoms with Crippen molar-refractivity contribution in [2.75, 3.05) is 0 Å². The van der Waals surface area contributed by atoms with E-state index in [-0.39, 0.29) is 5.41 Å². The fourth-order valence-electron chi connectivity index (χ4n) is 8.47. The lowest BCUT2D eigenvalue weighted by Crippen LogP contribution is -2.27. The molecule has 1 unspecified atom stereocenters. The Hall–Kier alpha value is -5.25. The van der Waals surface area contributed by atoms with Gasteiger partial charge in [0.2, 0.25) is 0 Å². The second-order valence-corrected chi connectivity index (χ2v) is 13.7. The zero-order valence-corrected chi connectivity index (χ0v) is 27.2. The zero-order valence-electron chi connectivity index (χ0n) is 25.6. The monoisotopic (exact) mass is 664 g/mol. The number of allylic oxidation sites excluding steroid dienone is 4. The molecule has 0 amide bonds. The first kappa shape index (κ1) is 26.9. The average molecular weight is 666 g/mol. The molecule has 0 saturated carbocycles. The number of hydrogen-bond acceptors (Lipinski definition) is 1. The van der Waals surface area contributed by atoms with Gasteiger partial charge in [-0.1, -0.05) is 119 Å². The van der Waals surface area contributed by atoms with Crippen LogP contribution in [0.1, 0.15) is 35.1 Å². The lowest BCUT2D eigenvalue weighted by Gasteiger charge is -2.32. The molecule has 1 aromatic heterocycles. The van der Waals surface area contributed by atoms with Crippen molar-refractivity contribution >= 4 is 32.5 Å². The van der Waals surface area contributed by atoms with E-state index >= 15 is 0 Å². The maximum absolute atomic E-state index is 5.15. The molecule has 222 valence electrons. The van der Waals surface area contributed by atoms with E-state index in [2.05, 4.69) is 172 Å². The van der Waals surface area contributed by atoms with Crippen molar-refractivity contribution in [1.29, 1.82) is 0 Å².